The highest BCUT2D eigenvalue weighted by Crippen LogP contribution is 2.33. The average Bonchev–Trinajstić information content (AvgIpc) is 2.85. The summed E-state index contributed by atoms with van der Waals surface area (Å²) in [5, 5.41) is 13.0. The summed E-state index contributed by atoms with van der Waals surface area (Å²) in [5.41, 5.74) is 9.54. The Hall–Kier alpha value is -1.84. The lowest BCUT2D eigenvalue weighted by Gasteiger charge is -2.31. The average molecular weight is 310 g/mol. The van der Waals surface area contributed by atoms with Gasteiger partial charge in [-0.3, -0.25) is 0 Å². The van der Waals surface area contributed by atoms with Crippen molar-refractivity contribution in [2.24, 2.45) is 11.1 Å². The number of fused-ring (bicyclic) bond motifs is 3. The molecule has 0 radical (unpaired) electrons. The Kier molecular flexibility index (Phi) is 3.95. The molecule has 3 rings (SSSR count). The van der Waals surface area contributed by atoms with Gasteiger partial charge in [0.25, 0.3) is 0 Å². The Labute approximate surface area is 137 Å². The summed E-state index contributed by atoms with van der Waals surface area (Å²) < 4.78 is 2.32. The van der Waals surface area contributed by atoms with E-state index in [1.807, 2.05) is 26.8 Å². The molecule has 0 aliphatic heterocycles. The number of benzene rings is 2. The van der Waals surface area contributed by atoms with Gasteiger partial charge < -0.3 is 15.4 Å². The highest BCUT2D eigenvalue weighted by atomic mass is 16.3. The van der Waals surface area contributed by atoms with Crippen LogP contribution in [0, 0.1) is 5.41 Å². The summed E-state index contributed by atoms with van der Waals surface area (Å²) >= 11 is 0. The van der Waals surface area contributed by atoms with Gasteiger partial charge in [0.1, 0.15) is 0 Å². The SMILES string of the molecule is CCn1c2ccccc2c2cc([C@H](N)[C@H](O)C(C)(C)C)ccc21. The fourth-order valence-electron chi connectivity index (χ4n) is 3.34. The fourth-order valence-corrected chi connectivity index (χ4v) is 3.34. The molecule has 0 saturated heterocycles. The minimum absolute atomic E-state index is 0.244. The van der Waals surface area contributed by atoms with Crippen LogP contribution in [0.3, 0.4) is 0 Å². The lowest BCUT2D eigenvalue weighted by atomic mass is 9.82. The van der Waals surface area contributed by atoms with Crippen molar-refractivity contribution in [1.82, 2.24) is 4.57 Å². The van der Waals surface area contributed by atoms with Crippen LogP contribution in [0.25, 0.3) is 21.8 Å². The van der Waals surface area contributed by atoms with E-state index < -0.39 is 6.10 Å². The van der Waals surface area contributed by atoms with Crippen LogP contribution in [0.4, 0.5) is 0 Å². The smallest absolute Gasteiger partial charge is 0.0780 e. The molecule has 2 aromatic carbocycles. The molecule has 3 aromatic rings. The van der Waals surface area contributed by atoms with E-state index in [0.29, 0.717) is 0 Å². The summed E-state index contributed by atoms with van der Waals surface area (Å²) in [6.07, 6.45) is -0.584. The van der Waals surface area contributed by atoms with Crippen molar-refractivity contribution >= 4 is 21.8 Å². The number of aliphatic hydroxyl groups is 1. The minimum atomic E-state index is -0.584. The van der Waals surface area contributed by atoms with Crippen LogP contribution in [0.2, 0.25) is 0 Å². The molecular formula is C20H26N2O. The van der Waals surface area contributed by atoms with E-state index in [1.165, 1.54) is 21.8 Å². The quantitative estimate of drug-likeness (QED) is 0.761. The summed E-state index contributed by atoms with van der Waals surface area (Å²) in [6.45, 7) is 9.13. The zero-order chi connectivity index (χ0) is 16.8. The number of nitrogens with two attached hydrogens (primary N) is 1. The van der Waals surface area contributed by atoms with E-state index in [0.717, 1.165) is 12.1 Å². The summed E-state index contributed by atoms with van der Waals surface area (Å²) in [5.74, 6) is 0. The Bertz CT molecular complexity index is 842. The van der Waals surface area contributed by atoms with Crippen molar-refractivity contribution in [3.8, 4) is 0 Å². The van der Waals surface area contributed by atoms with Gasteiger partial charge in [-0.1, -0.05) is 45.0 Å². The van der Waals surface area contributed by atoms with Crippen LogP contribution in [0.15, 0.2) is 42.5 Å². The lowest BCUT2D eigenvalue weighted by molar-refractivity contribution is 0.0401. The van der Waals surface area contributed by atoms with E-state index in [4.69, 9.17) is 5.73 Å². The Morgan fingerprint density at radius 2 is 1.70 bits per heavy atom. The summed E-state index contributed by atoms with van der Waals surface area (Å²) in [4.78, 5) is 0. The predicted molar refractivity (Wildman–Crippen MR) is 97.5 cm³/mol. The van der Waals surface area contributed by atoms with Crippen LogP contribution in [0.5, 0.6) is 0 Å². The van der Waals surface area contributed by atoms with Crippen LogP contribution in [-0.4, -0.2) is 15.8 Å². The van der Waals surface area contributed by atoms with Gasteiger partial charge in [0, 0.05) is 28.4 Å². The van der Waals surface area contributed by atoms with Crippen molar-refractivity contribution in [1.29, 1.82) is 0 Å². The molecule has 0 amide bonds. The second-order valence-electron chi connectivity index (χ2n) is 7.37. The Balaban J connectivity index is 2.18. The molecule has 0 saturated carbocycles. The van der Waals surface area contributed by atoms with E-state index in [9.17, 15) is 5.11 Å². The van der Waals surface area contributed by atoms with Crippen LogP contribution < -0.4 is 5.73 Å². The number of aliphatic hydroxyl groups excluding tert-OH is 1. The highest BCUT2D eigenvalue weighted by molar-refractivity contribution is 6.08. The zero-order valence-corrected chi connectivity index (χ0v) is 14.4. The maximum atomic E-state index is 10.5. The van der Waals surface area contributed by atoms with Gasteiger partial charge in [-0.2, -0.15) is 0 Å². The Morgan fingerprint density at radius 1 is 1.04 bits per heavy atom. The first-order chi connectivity index (χ1) is 10.8. The van der Waals surface area contributed by atoms with E-state index in [-0.39, 0.29) is 11.5 Å². The molecule has 0 aliphatic carbocycles. The first-order valence-corrected chi connectivity index (χ1v) is 8.29. The number of para-hydroxylation sites is 1. The normalized spacial score (nSPS) is 15.2. The molecule has 3 heteroatoms. The first-order valence-electron chi connectivity index (χ1n) is 8.29. The van der Waals surface area contributed by atoms with Gasteiger partial charge in [-0.25, -0.2) is 0 Å². The lowest BCUT2D eigenvalue weighted by Crippen LogP contribution is -2.36. The number of hydrogen-bond donors (Lipinski definition) is 2. The molecule has 0 spiro atoms. The van der Waals surface area contributed by atoms with Gasteiger partial charge in [0.15, 0.2) is 0 Å². The van der Waals surface area contributed by atoms with Gasteiger partial charge in [0.2, 0.25) is 0 Å². The molecule has 1 heterocycles. The molecule has 0 aliphatic rings. The number of nitrogens with zero attached hydrogens (tertiary/aromatic N) is 1. The van der Waals surface area contributed by atoms with Crippen molar-refractivity contribution in [2.45, 2.75) is 46.4 Å². The van der Waals surface area contributed by atoms with Crippen LogP contribution in [0.1, 0.15) is 39.3 Å². The van der Waals surface area contributed by atoms with Gasteiger partial charge in [-0.05, 0) is 36.1 Å². The third kappa shape index (κ3) is 2.64. The third-order valence-corrected chi connectivity index (χ3v) is 4.73. The van der Waals surface area contributed by atoms with Crippen molar-refractivity contribution in [3.05, 3.63) is 48.0 Å². The Morgan fingerprint density at radius 3 is 2.35 bits per heavy atom. The predicted octanol–water partition coefficient (Wildman–Crippen LogP) is 4.22. The van der Waals surface area contributed by atoms with Crippen molar-refractivity contribution < 1.29 is 5.11 Å². The summed E-state index contributed by atoms with van der Waals surface area (Å²) in [6, 6.07) is 14.4. The molecule has 122 valence electrons. The van der Waals surface area contributed by atoms with E-state index in [1.54, 1.807) is 0 Å². The van der Waals surface area contributed by atoms with E-state index in [2.05, 4.69) is 47.9 Å². The monoisotopic (exact) mass is 310 g/mol. The van der Waals surface area contributed by atoms with Gasteiger partial charge in [-0.15, -0.1) is 0 Å². The molecule has 3 nitrogen and oxygen atoms in total. The molecular weight excluding hydrogens is 284 g/mol. The van der Waals surface area contributed by atoms with E-state index >= 15 is 0 Å². The summed E-state index contributed by atoms with van der Waals surface area (Å²) in [7, 11) is 0. The number of hydrogen-bond acceptors (Lipinski definition) is 2. The number of aryl methyl sites for hydroxylation is 1. The minimum Gasteiger partial charge on any atom is -0.391 e. The van der Waals surface area contributed by atoms with Crippen molar-refractivity contribution in [2.75, 3.05) is 0 Å². The molecule has 0 bridgehead atoms. The van der Waals surface area contributed by atoms with Crippen LogP contribution >= 0.6 is 0 Å². The fraction of sp³-hybridized carbons (Fsp3) is 0.400. The maximum Gasteiger partial charge on any atom is 0.0780 e. The maximum absolute atomic E-state index is 10.5. The molecule has 1 aromatic heterocycles. The van der Waals surface area contributed by atoms with Crippen LogP contribution in [-0.2, 0) is 6.54 Å². The molecule has 0 fully saturated rings. The first kappa shape index (κ1) is 16.0. The third-order valence-electron chi connectivity index (χ3n) is 4.73. The largest absolute Gasteiger partial charge is 0.391 e. The second-order valence-corrected chi connectivity index (χ2v) is 7.37. The molecule has 3 N–H and O–H groups in total. The van der Waals surface area contributed by atoms with Gasteiger partial charge in [0.05, 0.1) is 12.1 Å². The molecule has 2 atom stereocenters. The van der Waals surface area contributed by atoms with Gasteiger partial charge >= 0.3 is 0 Å². The molecule has 0 unspecified atom stereocenters. The number of aromatic nitrogens is 1. The molecule has 23 heavy (non-hydrogen) atoms. The number of rotatable bonds is 3. The topological polar surface area (TPSA) is 51.2 Å². The second kappa shape index (κ2) is 5.66. The highest BCUT2D eigenvalue weighted by Gasteiger charge is 2.29. The standard InChI is InChI=1S/C20H26N2O/c1-5-22-16-9-7-6-8-14(16)15-12-13(10-11-17(15)22)18(21)19(23)20(2,3)4/h6-12,18-19,23H,5,21H2,1-4H3/t18-,19-/m0/s1. The zero-order valence-electron chi connectivity index (χ0n) is 14.4. The van der Waals surface area contributed by atoms with Crippen molar-refractivity contribution in [3.63, 3.8) is 0 Å².